The third kappa shape index (κ3) is 2.55. The van der Waals surface area contributed by atoms with Crippen molar-refractivity contribution < 1.29 is 4.79 Å². The van der Waals surface area contributed by atoms with Gasteiger partial charge in [0.1, 0.15) is 5.69 Å². The molecule has 0 radical (unpaired) electrons. The molecule has 0 saturated heterocycles. The van der Waals surface area contributed by atoms with E-state index >= 15 is 0 Å². The van der Waals surface area contributed by atoms with Crippen LogP contribution >= 0.6 is 15.9 Å². The lowest BCUT2D eigenvalue weighted by Gasteiger charge is -2.00. The van der Waals surface area contributed by atoms with Gasteiger partial charge in [-0.3, -0.25) is 9.48 Å². The minimum Gasteiger partial charge on any atom is -0.362 e. The first-order valence-electron chi connectivity index (χ1n) is 5.29. The molecule has 4 nitrogen and oxygen atoms in total. The van der Waals surface area contributed by atoms with Gasteiger partial charge in [0.25, 0.3) is 0 Å². The van der Waals surface area contributed by atoms with E-state index in [1.165, 1.54) is 0 Å². The fourth-order valence-electron chi connectivity index (χ4n) is 1.54. The number of nitrogens with zero attached hydrogens (tertiary/aromatic N) is 2. The molecule has 0 spiro atoms. The lowest BCUT2D eigenvalue weighted by Crippen LogP contribution is -2.07. The van der Waals surface area contributed by atoms with Crippen LogP contribution in [0.4, 0.5) is 0 Å². The predicted octanol–water partition coefficient (Wildman–Crippen LogP) is 2.89. The number of rotatable bonds is 4. The summed E-state index contributed by atoms with van der Waals surface area (Å²) in [5.41, 5.74) is 1.48. The highest BCUT2D eigenvalue weighted by Gasteiger charge is 2.13. The van der Waals surface area contributed by atoms with Gasteiger partial charge in [-0.2, -0.15) is 5.10 Å². The van der Waals surface area contributed by atoms with E-state index < -0.39 is 0 Å². The van der Waals surface area contributed by atoms with E-state index in [4.69, 9.17) is 0 Å². The molecule has 88 valence electrons. The van der Waals surface area contributed by atoms with Crippen LogP contribution in [0.15, 0.2) is 35.1 Å². The summed E-state index contributed by atoms with van der Waals surface area (Å²) in [6, 6.07) is 3.78. The Balaban J connectivity index is 2.23. The number of aryl methyl sites for hydroxylation is 1. The number of hydrogen-bond acceptors (Lipinski definition) is 2. The van der Waals surface area contributed by atoms with Crippen molar-refractivity contribution in [2.24, 2.45) is 0 Å². The van der Waals surface area contributed by atoms with Crippen LogP contribution in [-0.4, -0.2) is 20.5 Å². The van der Waals surface area contributed by atoms with Crippen LogP contribution in [0, 0.1) is 0 Å². The molecule has 2 aromatic rings. The number of carbonyl (C=O) groups excluding carboxylic acids is 1. The quantitative estimate of drug-likeness (QED) is 0.696. The first-order chi connectivity index (χ1) is 8.22. The summed E-state index contributed by atoms with van der Waals surface area (Å²) in [5.74, 6) is -0.0641. The summed E-state index contributed by atoms with van der Waals surface area (Å²) in [6.07, 6.45) is 6.75. The lowest BCUT2D eigenvalue weighted by atomic mass is 10.2. The number of halogens is 1. The van der Waals surface area contributed by atoms with Gasteiger partial charge in [-0.05, 0) is 47.1 Å². The number of aromatic nitrogens is 3. The van der Waals surface area contributed by atoms with Crippen molar-refractivity contribution in [3.63, 3.8) is 0 Å². The van der Waals surface area contributed by atoms with Gasteiger partial charge in [0.15, 0.2) is 0 Å². The Morgan fingerprint density at radius 3 is 3.12 bits per heavy atom. The molecule has 5 heteroatoms. The van der Waals surface area contributed by atoms with Crippen molar-refractivity contribution in [1.82, 2.24) is 14.8 Å². The standard InChI is InChI=1S/C12H12BrN3O/c1-2-16-12(10(13)8-15-16)11(17)6-5-9-4-3-7-14-9/h3-8,14H,2H2,1H3/b6-5+. The first-order valence-corrected chi connectivity index (χ1v) is 6.08. The van der Waals surface area contributed by atoms with Crippen LogP contribution in [0.3, 0.4) is 0 Å². The first kappa shape index (κ1) is 11.9. The molecule has 0 bridgehead atoms. The summed E-state index contributed by atoms with van der Waals surface area (Å²) in [6.45, 7) is 2.62. The second-order valence-corrected chi connectivity index (χ2v) is 4.33. The zero-order valence-corrected chi connectivity index (χ0v) is 10.9. The number of carbonyl (C=O) groups is 1. The number of ketones is 1. The molecule has 1 N–H and O–H groups in total. The maximum absolute atomic E-state index is 12.0. The highest BCUT2D eigenvalue weighted by molar-refractivity contribution is 9.10. The van der Waals surface area contributed by atoms with Crippen molar-refractivity contribution >= 4 is 27.8 Å². The molecule has 0 aliphatic heterocycles. The lowest BCUT2D eigenvalue weighted by molar-refractivity contribution is 0.103. The Labute approximate surface area is 107 Å². The molecule has 0 fully saturated rings. The summed E-state index contributed by atoms with van der Waals surface area (Å²) in [4.78, 5) is 15.0. The molecule has 2 aromatic heterocycles. The number of aromatic amines is 1. The molecular weight excluding hydrogens is 282 g/mol. The summed E-state index contributed by atoms with van der Waals surface area (Å²) >= 11 is 3.33. The van der Waals surface area contributed by atoms with Gasteiger partial charge in [0.2, 0.25) is 5.78 Å². The van der Waals surface area contributed by atoms with Crippen LogP contribution < -0.4 is 0 Å². The van der Waals surface area contributed by atoms with Crippen LogP contribution in [0.25, 0.3) is 6.08 Å². The summed E-state index contributed by atoms with van der Waals surface area (Å²) < 4.78 is 2.39. The zero-order valence-electron chi connectivity index (χ0n) is 9.35. The third-order valence-electron chi connectivity index (χ3n) is 2.36. The third-order valence-corrected chi connectivity index (χ3v) is 2.94. The topological polar surface area (TPSA) is 50.7 Å². The van der Waals surface area contributed by atoms with Crippen LogP contribution in [0.5, 0.6) is 0 Å². The van der Waals surface area contributed by atoms with Crippen molar-refractivity contribution in [3.05, 3.63) is 46.5 Å². The highest BCUT2D eigenvalue weighted by Crippen LogP contribution is 2.17. The van der Waals surface area contributed by atoms with E-state index in [1.807, 2.05) is 25.3 Å². The molecule has 0 unspecified atom stereocenters. The zero-order chi connectivity index (χ0) is 12.3. The number of H-pyrrole nitrogens is 1. The number of allylic oxidation sites excluding steroid dienone is 1. The monoisotopic (exact) mass is 293 g/mol. The van der Waals surface area contributed by atoms with Crippen LogP contribution in [-0.2, 0) is 6.54 Å². The molecule has 0 atom stereocenters. The SMILES string of the molecule is CCn1ncc(Br)c1C(=O)/C=C/c1ccc[nH]1. The molecule has 17 heavy (non-hydrogen) atoms. The van der Waals surface area contributed by atoms with Crippen molar-refractivity contribution in [2.75, 3.05) is 0 Å². The van der Waals surface area contributed by atoms with Gasteiger partial charge in [-0.15, -0.1) is 0 Å². The average Bonchev–Trinajstić information content (AvgIpc) is 2.94. The molecule has 0 saturated carbocycles. The predicted molar refractivity (Wildman–Crippen MR) is 69.8 cm³/mol. The maximum Gasteiger partial charge on any atom is 0.205 e. The molecule has 0 aromatic carbocycles. The van der Waals surface area contributed by atoms with Gasteiger partial charge >= 0.3 is 0 Å². The number of hydrogen-bond donors (Lipinski definition) is 1. The Bertz CT molecular complexity index is 540. The summed E-state index contributed by atoms with van der Waals surface area (Å²) in [7, 11) is 0. The minimum atomic E-state index is -0.0641. The van der Waals surface area contributed by atoms with Crippen molar-refractivity contribution in [1.29, 1.82) is 0 Å². The molecule has 2 heterocycles. The van der Waals surface area contributed by atoms with Gasteiger partial charge < -0.3 is 4.98 Å². The van der Waals surface area contributed by atoms with Gasteiger partial charge in [-0.25, -0.2) is 0 Å². The fourth-order valence-corrected chi connectivity index (χ4v) is 2.03. The highest BCUT2D eigenvalue weighted by atomic mass is 79.9. The van der Waals surface area contributed by atoms with E-state index in [9.17, 15) is 4.79 Å². The van der Waals surface area contributed by atoms with Crippen molar-refractivity contribution in [2.45, 2.75) is 13.5 Å². The van der Waals surface area contributed by atoms with Gasteiger partial charge in [0.05, 0.1) is 10.7 Å². The molecular formula is C12H12BrN3O. The Morgan fingerprint density at radius 2 is 2.47 bits per heavy atom. The molecule has 2 rings (SSSR count). The second-order valence-electron chi connectivity index (χ2n) is 3.48. The Kier molecular flexibility index (Phi) is 3.58. The van der Waals surface area contributed by atoms with E-state index in [0.717, 1.165) is 10.2 Å². The number of nitrogens with one attached hydrogen (secondary N) is 1. The second kappa shape index (κ2) is 5.14. The van der Waals surface area contributed by atoms with Crippen molar-refractivity contribution in [3.8, 4) is 0 Å². The fraction of sp³-hybridized carbons (Fsp3) is 0.167. The van der Waals surface area contributed by atoms with Gasteiger partial charge in [0, 0.05) is 18.4 Å². The van der Waals surface area contributed by atoms with Crippen LogP contribution in [0.1, 0.15) is 23.1 Å². The van der Waals surface area contributed by atoms with E-state index in [2.05, 4.69) is 26.0 Å². The van der Waals surface area contributed by atoms with E-state index in [1.54, 1.807) is 23.0 Å². The van der Waals surface area contributed by atoms with E-state index in [0.29, 0.717) is 12.2 Å². The normalized spacial score (nSPS) is 11.2. The summed E-state index contributed by atoms with van der Waals surface area (Å²) in [5, 5.41) is 4.11. The maximum atomic E-state index is 12.0. The smallest absolute Gasteiger partial charge is 0.205 e. The molecule has 0 aliphatic rings. The largest absolute Gasteiger partial charge is 0.362 e. The van der Waals surface area contributed by atoms with Gasteiger partial charge in [-0.1, -0.05) is 0 Å². The molecule has 0 aliphatic carbocycles. The van der Waals surface area contributed by atoms with Crippen LogP contribution in [0.2, 0.25) is 0 Å². The Morgan fingerprint density at radius 1 is 1.65 bits per heavy atom. The van der Waals surface area contributed by atoms with E-state index in [-0.39, 0.29) is 5.78 Å². The Hall–Kier alpha value is -1.62. The average molecular weight is 294 g/mol. The minimum absolute atomic E-state index is 0.0641. The molecule has 0 amide bonds.